The Morgan fingerprint density at radius 3 is 2.79 bits per heavy atom. The Morgan fingerprint density at radius 1 is 1.47 bits per heavy atom. The minimum Gasteiger partial charge on any atom is -0.486 e. The van der Waals surface area contributed by atoms with Gasteiger partial charge in [-0.3, -0.25) is 4.79 Å². The summed E-state index contributed by atoms with van der Waals surface area (Å²) in [4.78, 5) is 22.3. The molecule has 0 aliphatic carbocycles. The maximum atomic E-state index is 11.9. The molecule has 0 unspecified atom stereocenters. The first-order valence-electron chi connectivity index (χ1n) is 5.58. The summed E-state index contributed by atoms with van der Waals surface area (Å²) in [7, 11) is 0. The molecule has 0 spiro atoms. The second-order valence-corrected chi connectivity index (χ2v) is 4.80. The summed E-state index contributed by atoms with van der Waals surface area (Å²) in [5, 5.41) is 8.53. The van der Waals surface area contributed by atoms with Crippen LogP contribution < -0.4 is 9.47 Å². The highest BCUT2D eigenvalue weighted by molar-refractivity contribution is 6.00. The number of carbonyl (C=O) groups is 2. The highest BCUT2D eigenvalue weighted by atomic mass is 35.5. The summed E-state index contributed by atoms with van der Waals surface area (Å²) in [6.45, 7) is 3.24. The van der Waals surface area contributed by atoms with Crippen LogP contribution in [0.15, 0.2) is 18.2 Å². The Bertz CT molecular complexity index is 510. The van der Waals surface area contributed by atoms with E-state index in [9.17, 15) is 9.59 Å². The van der Waals surface area contributed by atoms with E-state index in [2.05, 4.69) is 0 Å². The Balaban J connectivity index is 0.00000180. The number of aliphatic carboxylic acids is 1. The summed E-state index contributed by atoms with van der Waals surface area (Å²) >= 11 is 0. The normalized spacial score (nSPS) is 15.8. The zero-order valence-corrected chi connectivity index (χ0v) is 11.5. The maximum absolute atomic E-state index is 11.9. The van der Waals surface area contributed by atoms with Gasteiger partial charge in [0.05, 0.1) is 12.0 Å². The van der Waals surface area contributed by atoms with E-state index in [1.807, 2.05) is 13.8 Å². The van der Waals surface area contributed by atoms with Gasteiger partial charge in [-0.15, -0.1) is 12.4 Å². The van der Waals surface area contributed by atoms with Gasteiger partial charge in [-0.2, -0.15) is 0 Å². The van der Waals surface area contributed by atoms with Crippen LogP contribution in [0.4, 0.5) is 0 Å². The average molecular weight is 287 g/mol. The second kappa shape index (κ2) is 5.48. The van der Waals surface area contributed by atoms with Crippen molar-refractivity contribution in [3.63, 3.8) is 0 Å². The van der Waals surface area contributed by atoms with Crippen LogP contribution in [0.5, 0.6) is 11.5 Å². The monoisotopic (exact) mass is 286 g/mol. The van der Waals surface area contributed by atoms with E-state index >= 15 is 0 Å². The van der Waals surface area contributed by atoms with Crippen molar-refractivity contribution in [3.8, 4) is 11.5 Å². The van der Waals surface area contributed by atoms with E-state index in [1.54, 1.807) is 18.2 Å². The van der Waals surface area contributed by atoms with Crippen molar-refractivity contribution in [2.75, 3.05) is 6.61 Å². The van der Waals surface area contributed by atoms with E-state index in [-0.39, 0.29) is 18.2 Å². The van der Waals surface area contributed by atoms with Crippen LogP contribution in [0.1, 0.15) is 30.6 Å². The number of ether oxygens (including phenoxy) is 2. The van der Waals surface area contributed by atoms with Crippen LogP contribution in [0.25, 0.3) is 0 Å². The number of Topliss-reactive ketones (excluding diaryl/α,β-unsaturated/α-hetero) is 1. The number of rotatable bonds is 3. The molecule has 19 heavy (non-hydrogen) atoms. The van der Waals surface area contributed by atoms with Crippen LogP contribution in [0, 0.1) is 0 Å². The smallest absolute Gasteiger partial charge is 0.341 e. The Morgan fingerprint density at radius 2 is 2.16 bits per heavy atom. The number of fused-ring (bicyclic) bond motifs is 1. The predicted octanol–water partition coefficient (Wildman–Crippen LogP) is 2.32. The van der Waals surface area contributed by atoms with Crippen molar-refractivity contribution >= 4 is 24.2 Å². The molecule has 0 aromatic heterocycles. The molecule has 0 radical (unpaired) electrons. The molecule has 1 N–H and O–H groups in total. The largest absolute Gasteiger partial charge is 0.486 e. The molecule has 0 fully saturated rings. The molecule has 2 rings (SSSR count). The van der Waals surface area contributed by atoms with Gasteiger partial charge in [0.15, 0.2) is 12.4 Å². The van der Waals surface area contributed by atoms with Gasteiger partial charge in [0.25, 0.3) is 0 Å². The Hall–Kier alpha value is -1.75. The van der Waals surface area contributed by atoms with E-state index < -0.39 is 18.2 Å². The highest BCUT2D eigenvalue weighted by Gasteiger charge is 2.32. The Labute approximate surface area is 116 Å². The van der Waals surface area contributed by atoms with E-state index in [0.29, 0.717) is 23.5 Å². The fourth-order valence-corrected chi connectivity index (χ4v) is 1.87. The van der Waals surface area contributed by atoms with Crippen molar-refractivity contribution in [1.82, 2.24) is 0 Å². The van der Waals surface area contributed by atoms with Crippen molar-refractivity contribution < 1.29 is 24.2 Å². The number of hydrogen-bond donors (Lipinski definition) is 1. The van der Waals surface area contributed by atoms with Crippen molar-refractivity contribution in [2.45, 2.75) is 25.9 Å². The molecular formula is C13H15ClO5. The van der Waals surface area contributed by atoms with Gasteiger partial charge in [-0.05, 0) is 26.0 Å². The number of halogens is 1. The van der Waals surface area contributed by atoms with Gasteiger partial charge in [0.2, 0.25) is 0 Å². The zero-order chi connectivity index (χ0) is 13.3. The van der Waals surface area contributed by atoms with E-state index in [1.165, 1.54) is 0 Å². The molecule has 1 aromatic rings. The molecule has 1 aromatic carbocycles. The second-order valence-electron chi connectivity index (χ2n) is 4.80. The first-order valence-corrected chi connectivity index (χ1v) is 5.58. The molecule has 0 saturated carbocycles. The van der Waals surface area contributed by atoms with Crippen LogP contribution >= 0.6 is 12.4 Å². The number of benzene rings is 1. The molecule has 0 bridgehead atoms. The van der Waals surface area contributed by atoms with Crippen LogP contribution in [0.3, 0.4) is 0 Å². The first kappa shape index (κ1) is 15.3. The van der Waals surface area contributed by atoms with Gasteiger partial charge in [-0.25, -0.2) is 4.79 Å². The molecule has 1 heterocycles. The third-order valence-electron chi connectivity index (χ3n) is 2.59. The van der Waals surface area contributed by atoms with Crippen molar-refractivity contribution in [1.29, 1.82) is 0 Å². The SMILES string of the molecule is CC1(C)CC(=O)c2ccc(OCC(=O)O)cc2O1.Cl. The lowest BCUT2D eigenvalue weighted by Crippen LogP contribution is -2.35. The van der Waals surface area contributed by atoms with E-state index in [0.717, 1.165) is 0 Å². The fraction of sp³-hybridized carbons (Fsp3) is 0.385. The maximum Gasteiger partial charge on any atom is 0.341 e. The predicted molar refractivity (Wildman–Crippen MR) is 70.5 cm³/mol. The van der Waals surface area contributed by atoms with Crippen molar-refractivity contribution in [3.05, 3.63) is 23.8 Å². The van der Waals surface area contributed by atoms with Gasteiger partial charge >= 0.3 is 5.97 Å². The van der Waals surface area contributed by atoms with Crippen LogP contribution in [-0.2, 0) is 4.79 Å². The molecule has 104 valence electrons. The Kier molecular flexibility index (Phi) is 4.42. The van der Waals surface area contributed by atoms with Crippen LogP contribution in [0.2, 0.25) is 0 Å². The molecule has 0 atom stereocenters. The van der Waals surface area contributed by atoms with Crippen LogP contribution in [-0.4, -0.2) is 29.1 Å². The minimum atomic E-state index is -1.05. The molecule has 6 heteroatoms. The van der Waals surface area contributed by atoms with Crippen molar-refractivity contribution in [2.24, 2.45) is 0 Å². The lowest BCUT2D eigenvalue weighted by molar-refractivity contribution is -0.139. The number of carboxylic acids is 1. The molecule has 0 amide bonds. The minimum absolute atomic E-state index is 0. The lowest BCUT2D eigenvalue weighted by Gasteiger charge is -2.31. The fourth-order valence-electron chi connectivity index (χ4n) is 1.87. The summed E-state index contributed by atoms with van der Waals surface area (Å²) in [6.07, 6.45) is 0.329. The average Bonchev–Trinajstić information content (AvgIpc) is 2.24. The topological polar surface area (TPSA) is 72.8 Å². The summed E-state index contributed by atoms with van der Waals surface area (Å²) < 4.78 is 10.7. The number of carbonyl (C=O) groups excluding carboxylic acids is 1. The third kappa shape index (κ3) is 3.61. The molecule has 5 nitrogen and oxygen atoms in total. The third-order valence-corrected chi connectivity index (χ3v) is 2.59. The molecule has 1 aliphatic rings. The van der Waals surface area contributed by atoms with Gasteiger partial charge in [0, 0.05) is 6.07 Å². The van der Waals surface area contributed by atoms with E-state index in [4.69, 9.17) is 14.6 Å². The summed E-state index contributed by atoms with van der Waals surface area (Å²) in [5.41, 5.74) is -0.0350. The molecule has 1 aliphatic heterocycles. The number of ketones is 1. The standard InChI is InChI=1S/C13H14O5.ClH/c1-13(2)6-10(14)9-4-3-8(5-11(9)18-13)17-7-12(15)16;/h3-5H,6-7H2,1-2H3,(H,15,16);1H. The summed E-state index contributed by atoms with van der Waals surface area (Å²) in [5.74, 6) is -0.211. The first-order chi connectivity index (χ1) is 8.37. The number of carboxylic acid groups (broad SMARTS) is 1. The highest BCUT2D eigenvalue weighted by Crippen LogP contribution is 2.35. The summed E-state index contributed by atoms with van der Waals surface area (Å²) in [6, 6.07) is 4.72. The molecule has 0 saturated heterocycles. The van der Waals surface area contributed by atoms with Gasteiger partial charge in [0.1, 0.15) is 17.1 Å². The quantitative estimate of drug-likeness (QED) is 0.923. The number of hydrogen-bond acceptors (Lipinski definition) is 4. The van der Waals surface area contributed by atoms with Gasteiger partial charge < -0.3 is 14.6 Å². The molecular weight excluding hydrogens is 272 g/mol. The zero-order valence-electron chi connectivity index (χ0n) is 10.6. The van der Waals surface area contributed by atoms with Gasteiger partial charge in [-0.1, -0.05) is 0 Å². The lowest BCUT2D eigenvalue weighted by atomic mass is 9.93.